The van der Waals surface area contributed by atoms with Gasteiger partial charge in [0.1, 0.15) is 17.8 Å². The number of aliphatic hydroxyl groups excluding tert-OH is 1. The number of phosphoric acid groups is 3. The number of anilines is 1. The Morgan fingerprint density at radius 2 is 1.82 bits per heavy atom. The van der Waals surface area contributed by atoms with Crippen LogP contribution in [0.5, 0.6) is 5.88 Å². The van der Waals surface area contributed by atoms with Gasteiger partial charge in [0.25, 0.3) is 0 Å². The molecule has 3 unspecified atom stereocenters. The molecule has 3 rings (SSSR count). The maximum Gasteiger partial charge on any atom is 0.490 e. The predicted molar refractivity (Wildman–Crippen MR) is 102 cm³/mol. The van der Waals surface area contributed by atoms with Crippen LogP contribution in [0.1, 0.15) is 13.2 Å². The summed E-state index contributed by atoms with van der Waals surface area (Å²) in [6, 6.07) is 0. The van der Waals surface area contributed by atoms with Crippen LogP contribution in [-0.4, -0.2) is 78.8 Å². The Hall–Kier alpha value is -1.56. The summed E-state index contributed by atoms with van der Waals surface area (Å²) in [5.74, 6) is -0.914. The molecule has 33 heavy (non-hydrogen) atoms. The van der Waals surface area contributed by atoms with Gasteiger partial charge in [-0.25, -0.2) is 18.7 Å². The molecule has 22 heteroatoms. The number of aromatic hydroxyl groups is 1. The fourth-order valence-electron chi connectivity index (χ4n) is 2.94. The van der Waals surface area contributed by atoms with E-state index in [2.05, 4.69) is 28.1 Å². The fourth-order valence-corrected chi connectivity index (χ4v) is 5.97. The molecule has 3 heterocycles. The zero-order valence-corrected chi connectivity index (χ0v) is 18.9. The monoisotopic (exact) mass is 537 g/mol. The van der Waals surface area contributed by atoms with Crippen molar-refractivity contribution in [1.29, 1.82) is 0 Å². The van der Waals surface area contributed by atoms with Gasteiger partial charge in [0.2, 0.25) is 11.8 Å². The molecule has 6 atom stereocenters. The Morgan fingerprint density at radius 1 is 1.18 bits per heavy atom. The van der Waals surface area contributed by atoms with E-state index < -0.39 is 60.0 Å². The summed E-state index contributed by atoms with van der Waals surface area (Å²) in [6.07, 6.45) is -3.73. The van der Waals surface area contributed by atoms with Crippen molar-refractivity contribution < 1.29 is 66.5 Å². The Labute approximate surface area is 182 Å². The number of nitrogens with zero attached hydrogens (tertiary/aromatic N) is 4. The number of nitrogens with two attached hydrogens (primary N) is 1. The SMILES string of the molecule is CC1(O)[C@@H](O)[C@@H](COP(=O)(O)OP(=O)(O)OP(=O)(O)O)O[C@H]1n1cnc2c(O)nc(N)nc21. The Bertz CT molecular complexity index is 1200. The Morgan fingerprint density at radius 3 is 2.42 bits per heavy atom. The zero-order valence-electron chi connectivity index (χ0n) is 16.2. The second-order valence-corrected chi connectivity index (χ2v) is 11.2. The lowest BCUT2D eigenvalue weighted by Crippen LogP contribution is -2.44. The van der Waals surface area contributed by atoms with Gasteiger partial charge in [0.05, 0.1) is 12.9 Å². The molecule has 19 nitrogen and oxygen atoms in total. The topological polar surface area (TPSA) is 299 Å². The van der Waals surface area contributed by atoms with Crippen LogP contribution in [0.15, 0.2) is 6.33 Å². The number of ether oxygens (including phenoxy) is 1. The summed E-state index contributed by atoms with van der Waals surface area (Å²) in [7, 11) is -16.8. The van der Waals surface area contributed by atoms with Crippen LogP contribution >= 0.6 is 23.5 Å². The standard InChI is InChI=1S/C11H18N5O14P3/c1-11(19)6(17)4(2-27-32(23,24)30-33(25,26)29-31(20,21)22)28-9(11)16-3-13-5-7(16)14-10(12)15-8(5)18/h3-4,6,9,17,19H,2H2,1H3,(H,23,24)(H,25,26)(H2,20,21,22)(H3,12,14,15,18)/t4-,6+,9-,11?/m1/s1. The highest BCUT2D eigenvalue weighted by atomic mass is 31.3. The summed E-state index contributed by atoms with van der Waals surface area (Å²) < 4.78 is 52.0. The number of imidazole rings is 1. The Balaban J connectivity index is 1.77. The van der Waals surface area contributed by atoms with Crippen LogP contribution in [0.3, 0.4) is 0 Å². The third-order valence-electron chi connectivity index (χ3n) is 4.25. The van der Waals surface area contributed by atoms with Crippen molar-refractivity contribution in [3.63, 3.8) is 0 Å². The number of aliphatic hydroxyl groups is 2. The van der Waals surface area contributed by atoms with Gasteiger partial charge in [-0.3, -0.25) is 9.09 Å². The second kappa shape index (κ2) is 8.58. The number of hydrogen-bond donors (Lipinski definition) is 8. The number of phosphoric ester groups is 1. The molecule has 0 bridgehead atoms. The first-order chi connectivity index (χ1) is 14.9. The van der Waals surface area contributed by atoms with Crippen LogP contribution in [-0.2, 0) is 31.6 Å². The molecule has 0 spiro atoms. The maximum absolute atomic E-state index is 11.9. The molecule has 186 valence electrons. The van der Waals surface area contributed by atoms with E-state index in [-0.39, 0.29) is 17.1 Å². The number of rotatable bonds is 8. The van der Waals surface area contributed by atoms with Gasteiger partial charge in [0, 0.05) is 0 Å². The molecule has 9 N–H and O–H groups in total. The van der Waals surface area contributed by atoms with E-state index >= 15 is 0 Å². The van der Waals surface area contributed by atoms with Gasteiger partial charge >= 0.3 is 23.5 Å². The molecule has 0 radical (unpaired) electrons. The molecule has 2 aromatic rings. The van der Waals surface area contributed by atoms with Gasteiger partial charge in [-0.2, -0.15) is 18.6 Å². The molecule has 1 aliphatic rings. The molecule has 0 aromatic carbocycles. The summed E-state index contributed by atoms with van der Waals surface area (Å²) in [5.41, 5.74) is 3.18. The average molecular weight is 537 g/mol. The number of nitrogen functional groups attached to an aromatic ring is 1. The largest absolute Gasteiger partial charge is 0.492 e. The van der Waals surface area contributed by atoms with Gasteiger partial charge in [-0.15, -0.1) is 0 Å². The minimum Gasteiger partial charge on any atom is -0.492 e. The lowest BCUT2D eigenvalue weighted by Gasteiger charge is -2.27. The quantitative estimate of drug-likeness (QED) is 0.177. The summed E-state index contributed by atoms with van der Waals surface area (Å²) in [6.45, 7) is 0.107. The molecular weight excluding hydrogens is 519 g/mol. The molecule has 0 amide bonds. The van der Waals surface area contributed by atoms with Gasteiger partial charge in [-0.1, -0.05) is 0 Å². The molecule has 0 aliphatic carbocycles. The van der Waals surface area contributed by atoms with Crippen molar-refractivity contribution >= 4 is 40.6 Å². The minimum atomic E-state index is -5.74. The highest BCUT2D eigenvalue weighted by Crippen LogP contribution is 2.66. The maximum atomic E-state index is 11.9. The van der Waals surface area contributed by atoms with E-state index in [1.54, 1.807) is 0 Å². The highest BCUT2D eigenvalue weighted by molar-refractivity contribution is 7.66. The summed E-state index contributed by atoms with van der Waals surface area (Å²) >= 11 is 0. The van der Waals surface area contributed by atoms with Crippen LogP contribution in [0.25, 0.3) is 11.2 Å². The zero-order chi connectivity index (χ0) is 25.0. The van der Waals surface area contributed by atoms with E-state index in [0.717, 1.165) is 17.8 Å². The third-order valence-corrected chi connectivity index (χ3v) is 8.05. The van der Waals surface area contributed by atoms with Gasteiger partial charge < -0.3 is 45.4 Å². The lowest BCUT2D eigenvalue weighted by atomic mass is 9.96. The first kappa shape index (κ1) is 26.1. The smallest absolute Gasteiger partial charge is 0.490 e. The molecule has 1 saturated heterocycles. The van der Waals surface area contributed by atoms with E-state index in [9.17, 15) is 33.9 Å². The number of fused-ring (bicyclic) bond motifs is 1. The average Bonchev–Trinajstić information content (AvgIpc) is 3.10. The van der Waals surface area contributed by atoms with Crippen molar-refractivity contribution in [1.82, 2.24) is 19.5 Å². The van der Waals surface area contributed by atoms with Crippen molar-refractivity contribution in [2.75, 3.05) is 12.3 Å². The fraction of sp³-hybridized carbons (Fsp3) is 0.545. The van der Waals surface area contributed by atoms with E-state index in [0.29, 0.717) is 0 Å². The molecule has 2 aromatic heterocycles. The molecule has 1 aliphatic heterocycles. The highest BCUT2D eigenvalue weighted by Gasteiger charge is 2.54. The van der Waals surface area contributed by atoms with Crippen molar-refractivity contribution in [2.24, 2.45) is 0 Å². The van der Waals surface area contributed by atoms with Crippen LogP contribution < -0.4 is 5.73 Å². The lowest BCUT2D eigenvalue weighted by molar-refractivity contribution is -0.0949. The normalized spacial score (nSPS) is 29.7. The number of hydrogen-bond acceptors (Lipinski definition) is 14. The second-order valence-electron chi connectivity index (χ2n) is 6.81. The van der Waals surface area contributed by atoms with Crippen LogP contribution in [0.2, 0.25) is 0 Å². The molecule has 0 saturated carbocycles. The minimum absolute atomic E-state index is 0.0917. The first-order valence-corrected chi connectivity index (χ1v) is 13.0. The van der Waals surface area contributed by atoms with Crippen molar-refractivity contribution in [3.8, 4) is 5.88 Å². The summed E-state index contributed by atoms with van der Waals surface area (Å²) in [4.78, 5) is 47.0. The van der Waals surface area contributed by atoms with E-state index in [4.69, 9.17) is 25.2 Å². The molecule has 1 fully saturated rings. The Kier molecular flexibility index (Phi) is 6.78. The van der Waals surface area contributed by atoms with E-state index in [1.807, 2.05) is 0 Å². The predicted octanol–water partition coefficient (Wildman–Crippen LogP) is -1.53. The van der Waals surface area contributed by atoms with Gasteiger partial charge in [-0.05, 0) is 6.92 Å². The van der Waals surface area contributed by atoms with Crippen LogP contribution in [0.4, 0.5) is 5.95 Å². The van der Waals surface area contributed by atoms with Crippen molar-refractivity contribution in [3.05, 3.63) is 6.33 Å². The van der Waals surface area contributed by atoms with Crippen LogP contribution in [0, 0.1) is 0 Å². The van der Waals surface area contributed by atoms with Gasteiger partial charge in [0.15, 0.2) is 17.4 Å². The summed E-state index contributed by atoms with van der Waals surface area (Å²) in [5, 5.41) is 31.0. The molecular formula is C11H18N5O14P3. The number of aromatic nitrogens is 4. The third kappa shape index (κ3) is 5.75. The first-order valence-electron chi connectivity index (χ1n) is 8.45. The van der Waals surface area contributed by atoms with Crippen molar-refractivity contribution in [2.45, 2.75) is 31.0 Å². The van der Waals surface area contributed by atoms with E-state index in [1.165, 1.54) is 0 Å².